The molecule has 3 atom stereocenters. The molecule has 224 valence electrons. The highest BCUT2D eigenvalue weighted by molar-refractivity contribution is 8.00. The number of phenols is 1. The molecule has 1 unspecified atom stereocenters. The van der Waals surface area contributed by atoms with Crippen molar-refractivity contribution in [2.75, 3.05) is 5.88 Å². The van der Waals surface area contributed by atoms with Gasteiger partial charge in [0.1, 0.15) is 23.1 Å². The number of aliphatic hydroxyl groups excluding tert-OH is 1. The molecule has 9 nitrogen and oxygen atoms in total. The largest absolute Gasteiger partial charge is 0.508 e. The van der Waals surface area contributed by atoms with Crippen LogP contribution in [0.3, 0.4) is 0 Å². The molecule has 4 aromatic rings. The number of aromatic hydroxyl groups is 1. The van der Waals surface area contributed by atoms with Crippen molar-refractivity contribution >= 4 is 40.5 Å². The number of aliphatic hydroxyl groups is 1. The lowest BCUT2D eigenvalue weighted by Crippen LogP contribution is -2.58. The van der Waals surface area contributed by atoms with Gasteiger partial charge in [-0.05, 0) is 57.0 Å². The summed E-state index contributed by atoms with van der Waals surface area (Å²) in [6.07, 6.45) is -1.47. The number of nitrogens with one attached hydrogen (secondary N) is 2. The first-order valence-electron chi connectivity index (χ1n) is 14.1. The number of phenolic OH excluding ortho intramolecular Hbond substituents is 1. The molecular formula is C33H35N3O6S. The SMILES string of the molecule is Cc1c(O)cccc1C(=O)N[C@@H](Cc1ccccc1)[C@H](O)C(=O)N1CSC(C)(C)C1C(=O)NCc1cc2ccccc2o1. The van der Waals surface area contributed by atoms with E-state index in [4.69, 9.17) is 4.42 Å². The van der Waals surface area contributed by atoms with E-state index < -0.39 is 34.7 Å². The molecule has 2 heterocycles. The van der Waals surface area contributed by atoms with Gasteiger partial charge in [0, 0.05) is 21.3 Å². The van der Waals surface area contributed by atoms with Gasteiger partial charge in [0.2, 0.25) is 5.91 Å². The second-order valence-corrected chi connectivity index (χ2v) is 12.8. The van der Waals surface area contributed by atoms with Gasteiger partial charge in [-0.15, -0.1) is 11.8 Å². The summed E-state index contributed by atoms with van der Waals surface area (Å²) in [5.41, 5.74) is 2.15. The lowest BCUT2D eigenvalue weighted by atomic mass is 9.96. The number of carbonyl (C=O) groups is 3. The number of para-hydroxylation sites is 1. The summed E-state index contributed by atoms with van der Waals surface area (Å²) in [5, 5.41) is 28.2. The third kappa shape index (κ3) is 6.55. The molecule has 1 saturated heterocycles. The van der Waals surface area contributed by atoms with Crippen LogP contribution in [0.2, 0.25) is 0 Å². The highest BCUT2D eigenvalue weighted by atomic mass is 32.2. The molecule has 0 spiro atoms. The molecular weight excluding hydrogens is 566 g/mol. The summed E-state index contributed by atoms with van der Waals surface area (Å²) >= 11 is 1.44. The normalized spacial score (nSPS) is 17.4. The fraction of sp³-hybridized carbons (Fsp3) is 0.303. The minimum atomic E-state index is -1.64. The fourth-order valence-corrected chi connectivity index (χ4v) is 6.52. The Morgan fingerprint density at radius 1 is 1.05 bits per heavy atom. The average molecular weight is 602 g/mol. The fourth-order valence-electron chi connectivity index (χ4n) is 5.37. The van der Waals surface area contributed by atoms with E-state index in [0.29, 0.717) is 11.3 Å². The number of benzene rings is 3. The zero-order valence-corrected chi connectivity index (χ0v) is 25.1. The summed E-state index contributed by atoms with van der Waals surface area (Å²) < 4.78 is 5.19. The van der Waals surface area contributed by atoms with Crippen LogP contribution in [0.25, 0.3) is 11.0 Å². The van der Waals surface area contributed by atoms with Crippen molar-refractivity contribution in [3.05, 3.63) is 101 Å². The smallest absolute Gasteiger partial charge is 0.254 e. The standard InChI is InChI=1S/C33H35N3O6S/c1-20-24(13-9-14-26(20)37)30(39)35-25(16-21-10-5-4-6-11-21)28(38)32(41)36-19-43-33(2,3)29(36)31(40)34-18-23-17-22-12-7-8-15-27(22)42-23/h4-15,17,25,28-29,37-38H,16,18-19H2,1-3H3,(H,34,40)(H,35,39)/t25-,28-,29?/m0/s1. The highest BCUT2D eigenvalue weighted by Gasteiger charge is 2.49. The molecule has 0 aliphatic carbocycles. The van der Waals surface area contributed by atoms with E-state index in [9.17, 15) is 24.6 Å². The van der Waals surface area contributed by atoms with Crippen molar-refractivity contribution in [2.24, 2.45) is 0 Å². The van der Waals surface area contributed by atoms with Gasteiger partial charge in [0.15, 0.2) is 6.10 Å². The van der Waals surface area contributed by atoms with Crippen LogP contribution in [0.4, 0.5) is 0 Å². The maximum Gasteiger partial charge on any atom is 0.254 e. The number of rotatable bonds is 9. The second-order valence-electron chi connectivity index (χ2n) is 11.2. The van der Waals surface area contributed by atoms with E-state index in [1.165, 1.54) is 22.7 Å². The molecule has 0 saturated carbocycles. The number of furan rings is 1. The Kier molecular flexibility index (Phi) is 8.79. The van der Waals surface area contributed by atoms with Gasteiger partial charge in [-0.1, -0.05) is 54.6 Å². The Bertz CT molecular complexity index is 1600. The van der Waals surface area contributed by atoms with Crippen molar-refractivity contribution in [1.82, 2.24) is 15.5 Å². The first-order chi connectivity index (χ1) is 20.5. The van der Waals surface area contributed by atoms with E-state index in [0.717, 1.165) is 16.5 Å². The molecule has 1 aliphatic heterocycles. The van der Waals surface area contributed by atoms with Crippen LogP contribution < -0.4 is 10.6 Å². The average Bonchev–Trinajstić information content (AvgIpc) is 3.56. The van der Waals surface area contributed by atoms with Crippen molar-refractivity contribution in [3.63, 3.8) is 0 Å². The third-order valence-corrected chi connectivity index (χ3v) is 9.16. The maximum atomic E-state index is 13.9. The molecule has 5 rings (SSSR count). The Morgan fingerprint density at radius 2 is 1.77 bits per heavy atom. The zero-order valence-electron chi connectivity index (χ0n) is 24.2. The Balaban J connectivity index is 1.35. The van der Waals surface area contributed by atoms with E-state index in [1.807, 2.05) is 74.5 Å². The van der Waals surface area contributed by atoms with Crippen LogP contribution in [0.15, 0.2) is 83.3 Å². The van der Waals surface area contributed by atoms with Gasteiger partial charge < -0.3 is 30.2 Å². The topological polar surface area (TPSA) is 132 Å². The number of hydrogen-bond acceptors (Lipinski definition) is 7. The van der Waals surface area contributed by atoms with E-state index in [-0.39, 0.29) is 36.1 Å². The van der Waals surface area contributed by atoms with Crippen molar-refractivity contribution in [3.8, 4) is 5.75 Å². The lowest BCUT2D eigenvalue weighted by Gasteiger charge is -2.33. The quantitative estimate of drug-likeness (QED) is 0.227. The van der Waals surface area contributed by atoms with Crippen molar-refractivity contribution in [1.29, 1.82) is 0 Å². The summed E-state index contributed by atoms with van der Waals surface area (Å²) in [6.45, 7) is 5.54. The van der Waals surface area contributed by atoms with Crippen LogP contribution in [0.5, 0.6) is 5.75 Å². The van der Waals surface area contributed by atoms with Gasteiger partial charge in [0.25, 0.3) is 11.8 Å². The van der Waals surface area contributed by atoms with Crippen LogP contribution in [-0.2, 0) is 22.6 Å². The Labute approximate surface area is 254 Å². The lowest BCUT2D eigenvalue weighted by molar-refractivity contribution is -0.147. The molecule has 3 amide bonds. The van der Waals surface area contributed by atoms with Gasteiger partial charge in [-0.3, -0.25) is 14.4 Å². The van der Waals surface area contributed by atoms with Gasteiger partial charge in [-0.25, -0.2) is 0 Å². The summed E-state index contributed by atoms with van der Waals surface area (Å²) in [4.78, 5) is 42.1. The zero-order chi connectivity index (χ0) is 30.7. The molecule has 43 heavy (non-hydrogen) atoms. The van der Waals surface area contributed by atoms with Crippen LogP contribution in [0.1, 0.15) is 41.1 Å². The first-order valence-corrected chi connectivity index (χ1v) is 15.0. The minimum Gasteiger partial charge on any atom is -0.508 e. The second kappa shape index (κ2) is 12.5. The van der Waals surface area contributed by atoms with Crippen molar-refractivity contribution < 1.29 is 29.0 Å². The molecule has 0 radical (unpaired) electrons. The predicted octanol–water partition coefficient (Wildman–Crippen LogP) is 4.15. The monoisotopic (exact) mass is 601 g/mol. The number of carbonyl (C=O) groups excluding carboxylic acids is 3. The van der Waals surface area contributed by atoms with Crippen LogP contribution in [0, 0.1) is 6.92 Å². The molecule has 1 aliphatic rings. The number of amides is 3. The Hall–Kier alpha value is -4.28. The number of nitrogens with zero attached hydrogens (tertiary/aromatic N) is 1. The number of fused-ring (bicyclic) bond motifs is 1. The van der Waals surface area contributed by atoms with E-state index >= 15 is 0 Å². The molecule has 1 aromatic heterocycles. The van der Waals surface area contributed by atoms with Gasteiger partial charge in [-0.2, -0.15) is 0 Å². The summed E-state index contributed by atoms with van der Waals surface area (Å²) in [6, 6.07) is 21.4. The van der Waals surface area contributed by atoms with Crippen molar-refractivity contribution in [2.45, 2.75) is 56.7 Å². The maximum absolute atomic E-state index is 13.9. The van der Waals surface area contributed by atoms with Gasteiger partial charge in [0.05, 0.1) is 18.5 Å². The molecule has 3 aromatic carbocycles. The molecule has 10 heteroatoms. The summed E-state index contributed by atoms with van der Waals surface area (Å²) in [5.74, 6) is -0.799. The van der Waals surface area contributed by atoms with E-state index in [2.05, 4.69) is 10.6 Å². The minimum absolute atomic E-state index is 0.0308. The van der Waals surface area contributed by atoms with Gasteiger partial charge >= 0.3 is 0 Å². The summed E-state index contributed by atoms with van der Waals surface area (Å²) in [7, 11) is 0. The third-order valence-electron chi connectivity index (χ3n) is 7.79. The molecule has 1 fully saturated rings. The number of thioether (sulfide) groups is 1. The molecule has 0 bridgehead atoms. The highest BCUT2D eigenvalue weighted by Crippen LogP contribution is 2.40. The van der Waals surface area contributed by atoms with Crippen LogP contribution >= 0.6 is 11.8 Å². The Morgan fingerprint density at radius 3 is 2.51 bits per heavy atom. The predicted molar refractivity (Wildman–Crippen MR) is 165 cm³/mol. The first kappa shape index (κ1) is 30.2. The molecule has 4 N–H and O–H groups in total. The number of hydrogen-bond donors (Lipinski definition) is 4. The van der Waals surface area contributed by atoms with Crippen LogP contribution in [-0.4, -0.2) is 61.6 Å². The van der Waals surface area contributed by atoms with E-state index in [1.54, 1.807) is 19.1 Å².